The summed E-state index contributed by atoms with van der Waals surface area (Å²) in [6.45, 7) is 8.99. The van der Waals surface area contributed by atoms with Gasteiger partial charge in [-0.3, -0.25) is 0 Å². The molecule has 1 heterocycles. The molecule has 0 saturated heterocycles. The average molecular weight is 395 g/mol. The molecule has 0 bridgehead atoms. The second kappa shape index (κ2) is 10.1. The minimum atomic E-state index is 0.00184. The van der Waals surface area contributed by atoms with Gasteiger partial charge in [-0.2, -0.15) is 0 Å². The van der Waals surface area contributed by atoms with Crippen LogP contribution in [0.15, 0.2) is 55.4 Å². The molecule has 0 aliphatic rings. The largest absolute Gasteiger partial charge is 0.359 e. The molecule has 156 valence electrons. The van der Waals surface area contributed by atoms with Crippen molar-refractivity contribution < 1.29 is 4.79 Å². The van der Waals surface area contributed by atoms with Crippen molar-refractivity contribution in [2.75, 3.05) is 42.4 Å². The lowest BCUT2D eigenvalue weighted by Gasteiger charge is -2.35. The van der Waals surface area contributed by atoms with Crippen LogP contribution in [0.5, 0.6) is 0 Å². The van der Waals surface area contributed by atoms with Crippen LogP contribution in [-0.4, -0.2) is 39.0 Å². The Hall–Kier alpha value is -2.82. The Morgan fingerprint density at radius 1 is 1.03 bits per heavy atom. The molecule has 0 spiro atoms. The number of aldehydes is 1. The molecule has 5 heteroatoms. The summed E-state index contributed by atoms with van der Waals surface area (Å²) in [6, 6.07) is 12.3. The second-order valence-electron chi connectivity index (χ2n) is 7.65. The predicted octanol–water partition coefficient (Wildman–Crippen LogP) is 5.26. The molecule has 0 aliphatic carbocycles. The molecule has 0 N–H and O–H groups in total. The highest BCUT2D eigenvalue weighted by atomic mass is 16.1. The van der Waals surface area contributed by atoms with Gasteiger partial charge in [0.15, 0.2) is 0 Å². The second-order valence-corrected chi connectivity index (χ2v) is 7.65. The van der Waals surface area contributed by atoms with Gasteiger partial charge in [-0.15, -0.1) is 0 Å². The third-order valence-corrected chi connectivity index (χ3v) is 6.00. The maximum absolute atomic E-state index is 11.2. The Balaban J connectivity index is 2.22. The number of carbonyl (C=O) groups is 1. The van der Waals surface area contributed by atoms with E-state index in [1.165, 1.54) is 0 Å². The number of anilines is 4. The summed E-state index contributed by atoms with van der Waals surface area (Å²) in [4.78, 5) is 22.1. The van der Waals surface area contributed by atoms with Crippen molar-refractivity contribution in [2.45, 2.75) is 33.1 Å². The number of benzene rings is 1. The molecule has 0 saturated carbocycles. The maximum atomic E-state index is 11.2. The highest BCUT2D eigenvalue weighted by Crippen LogP contribution is 2.34. The highest BCUT2D eigenvalue weighted by molar-refractivity contribution is 5.77. The summed E-state index contributed by atoms with van der Waals surface area (Å²) in [7, 11) is 6.08. The third kappa shape index (κ3) is 5.17. The van der Waals surface area contributed by atoms with Gasteiger partial charge < -0.3 is 19.5 Å². The first-order valence-electron chi connectivity index (χ1n) is 10.2. The molecule has 29 heavy (non-hydrogen) atoms. The molecule has 0 unspecified atom stereocenters. The van der Waals surface area contributed by atoms with Gasteiger partial charge in [-0.05, 0) is 48.7 Å². The summed E-state index contributed by atoms with van der Waals surface area (Å²) in [5, 5.41) is 0. The van der Waals surface area contributed by atoms with E-state index in [1.54, 1.807) is 6.20 Å². The molecule has 5 nitrogen and oxygen atoms in total. The molecule has 1 aromatic carbocycles. The monoisotopic (exact) mass is 394 g/mol. The van der Waals surface area contributed by atoms with Crippen LogP contribution < -0.4 is 14.7 Å². The number of hydrogen-bond acceptors (Lipinski definition) is 5. The zero-order valence-electron chi connectivity index (χ0n) is 18.4. The normalized spacial score (nSPS) is 11.1. The van der Waals surface area contributed by atoms with Crippen molar-refractivity contribution in [2.24, 2.45) is 5.41 Å². The quantitative estimate of drug-likeness (QED) is 0.486. The SMILES string of the molecule is C=CN(C)c1ccccc1N(C)c1ccc(N(C)CC(CC)(CC)CC=O)nc1. The fraction of sp³-hybridized carbons (Fsp3) is 0.417. The van der Waals surface area contributed by atoms with Crippen LogP contribution in [-0.2, 0) is 4.79 Å². The predicted molar refractivity (Wildman–Crippen MR) is 124 cm³/mol. The van der Waals surface area contributed by atoms with Gasteiger partial charge in [-0.1, -0.05) is 32.6 Å². The Labute approximate surface area is 175 Å². The number of pyridine rings is 1. The topological polar surface area (TPSA) is 39.7 Å². The molecule has 0 fully saturated rings. The summed E-state index contributed by atoms with van der Waals surface area (Å²) in [5.74, 6) is 0.913. The lowest BCUT2D eigenvalue weighted by molar-refractivity contribution is -0.109. The summed E-state index contributed by atoms with van der Waals surface area (Å²) in [5.41, 5.74) is 3.18. The number of hydrogen-bond donors (Lipinski definition) is 0. The van der Waals surface area contributed by atoms with Crippen LogP contribution in [0.4, 0.5) is 22.9 Å². The number of para-hydroxylation sites is 2. The Kier molecular flexibility index (Phi) is 7.82. The lowest BCUT2D eigenvalue weighted by Crippen LogP contribution is -2.35. The van der Waals surface area contributed by atoms with Crippen molar-refractivity contribution in [3.8, 4) is 0 Å². The van der Waals surface area contributed by atoms with E-state index in [0.29, 0.717) is 6.42 Å². The standard InChI is InChI=1S/C24H34N4O/c1-7-24(8-2,16-17-29)19-27(5)23-15-14-20(18-25-23)28(6)22-13-11-10-12-21(22)26(4)9-3/h9-15,17-18H,3,7-8,16,19H2,1-2,4-6H3. The third-order valence-electron chi connectivity index (χ3n) is 6.00. The molecular weight excluding hydrogens is 360 g/mol. The van der Waals surface area contributed by atoms with Gasteiger partial charge in [0, 0.05) is 34.1 Å². The van der Waals surface area contributed by atoms with Crippen LogP contribution in [0.3, 0.4) is 0 Å². The van der Waals surface area contributed by atoms with Crippen molar-refractivity contribution >= 4 is 29.2 Å². The van der Waals surface area contributed by atoms with Gasteiger partial charge in [0.05, 0.1) is 23.3 Å². The highest BCUT2D eigenvalue weighted by Gasteiger charge is 2.28. The number of aromatic nitrogens is 1. The van der Waals surface area contributed by atoms with Gasteiger partial charge in [0.2, 0.25) is 0 Å². The Morgan fingerprint density at radius 2 is 1.69 bits per heavy atom. The number of carbonyl (C=O) groups excluding carboxylic acids is 1. The molecule has 0 radical (unpaired) electrons. The molecule has 0 atom stereocenters. The van der Waals surface area contributed by atoms with Gasteiger partial charge in [-0.25, -0.2) is 4.98 Å². The van der Waals surface area contributed by atoms with E-state index in [9.17, 15) is 4.79 Å². The first-order valence-corrected chi connectivity index (χ1v) is 10.2. The van der Waals surface area contributed by atoms with Crippen LogP contribution >= 0.6 is 0 Å². The molecule has 2 aromatic rings. The van der Waals surface area contributed by atoms with E-state index >= 15 is 0 Å². The van der Waals surface area contributed by atoms with E-state index in [0.717, 1.165) is 48.6 Å². The van der Waals surface area contributed by atoms with E-state index in [1.807, 2.05) is 50.4 Å². The molecule has 2 rings (SSSR count). The first kappa shape index (κ1) is 22.5. The van der Waals surface area contributed by atoms with Gasteiger partial charge >= 0.3 is 0 Å². The Morgan fingerprint density at radius 3 is 2.21 bits per heavy atom. The zero-order chi connectivity index (χ0) is 21.4. The fourth-order valence-electron chi connectivity index (χ4n) is 3.67. The lowest BCUT2D eigenvalue weighted by atomic mass is 9.79. The van der Waals surface area contributed by atoms with E-state index in [4.69, 9.17) is 4.98 Å². The minimum Gasteiger partial charge on any atom is -0.359 e. The summed E-state index contributed by atoms with van der Waals surface area (Å²) < 4.78 is 0. The zero-order valence-corrected chi connectivity index (χ0v) is 18.4. The number of nitrogens with zero attached hydrogens (tertiary/aromatic N) is 4. The van der Waals surface area contributed by atoms with Crippen LogP contribution in [0.1, 0.15) is 33.1 Å². The molecular formula is C24H34N4O. The molecule has 0 amide bonds. The summed E-state index contributed by atoms with van der Waals surface area (Å²) in [6.07, 6.45) is 7.27. The maximum Gasteiger partial charge on any atom is 0.128 e. The van der Waals surface area contributed by atoms with Crippen LogP contribution in [0.25, 0.3) is 0 Å². The van der Waals surface area contributed by atoms with E-state index < -0.39 is 0 Å². The average Bonchev–Trinajstić information content (AvgIpc) is 2.77. The van der Waals surface area contributed by atoms with Crippen LogP contribution in [0.2, 0.25) is 0 Å². The minimum absolute atomic E-state index is 0.00184. The van der Waals surface area contributed by atoms with Crippen molar-refractivity contribution in [3.05, 3.63) is 55.4 Å². The van der Waals surface area contributed by atoms with Crippen molar-refractivity contribution in [1.29, 1.82) is 0 Å². The molecule has 1 aromatic heterocycles. The van der Waals surface area contributed by atoms with Crippen LogP contribution in [0, 0.1) is 5.41 Å². The first-order chi connectivity index (χ1) is 13.9. The fourth-order valence-corrected chi connectivity index (χ4v) is 3.67. The van der Waals surface area contributed by atoms with E-state index in [-0.39, 0.29) is 5.41 Å². The number of rotatable bonds is 11. The van der Waals surface area contributed by atoms with Crippen molar-refractivity contribution in [1.82, 2.24) is 4.98 Å². The van der Waals surface area contributed by atoms with Crippen molar-refractivity contribution in [3.63, 3.8) is 0 Å². The summed E-state index contributed by atoms with van der Waals surface area (Å²) >= 11 is 0. The molecule has 0 aliphatic heterocycles. The van der Waals surface area contributed by atoms with Gasteiger partial charge in [0.1, 0.15) is 12.1 Å². The Bertz CT molecular complexity index is 799. The smallest absolute Gasteiger partial charge is 0.128 e. The van der Waals surface area contributed by atoms with Gasteiger partial charge in [0.25, 0.3) is 0 Å². The van der Waals surface area contributed by atoms with E-state index in [2.05, 4.69) is 48.4 Å².